The topological polar surface area (TPSA) is 92.7 Å². The van der Waals surface area contributed by atoms with E-state index in [2.05, 4.69) is 20.8 Å². The molecule has 2 rings (SSSR count). The molecule has 25 heavy (non-hydrogen) atoms. The van der Waals surface area contributed by atoms with E-state index >= 15 is 0 Å². The van der Waals surface area contributed by atoms with Gasteiger partial charge in [-0.05, 0) is 43.3 Å². The van der Waals surface area contributed by atoms with Gasteiger partial charge in [-0.25, -0.2) is 5.43 Å². The predicted molar refractivity (Wildman–Crippen MR) is 95.4 cm³/mol. The summed E-state index contributed by atoms with van der Waals surface area (Å²) in [7, 11) is 0. The molecule has 130 valence electrons. The zero-order chi connectivity index (χ0) is 17.9. The number of amides is 2. The van der Waals surface area contributed by atoms with E-state index in [-0.39, 0.29) is 24.7 Å². The number of carbonyl (C=O) groups excluding carboxylic acids is 2. The van der Waals surface area contributed by atoms with Crippen LogP contribution in [-0.2, 0) is 9.59 Å². The van der Waals surface area contributed by atoms with Crippen molar-refractivity contribution in [2.24, 2.45) is 5.10 Å². The Balaban J connectivity index is 1.70. The first-order valence-corrected chi connectivity index (χ1v) is 7.93. The fourth-order valence-electron chi connectivity index (χ4n) is 1.93. The van der Waals surface area contributed by atoms with Gasteiger partial charge in [0.25, 0.3) is 0 Å². The molecule has 1 aromatic carbocycles. The molecule has 2 amide bonds. The second-order valence-corrected chi connectivity index (χ2v) is 5.05. The average molecular weight is 340 g/mol. The largest absolute Gasteiger partial charge is 0.494 e. The van der Waals surface area contributed by atoms with Crippen LogP contribution < -0.4 is 15.5 Å². The Kier molecular flexibility index (Phi) is 7.12. The summed E-state index contributed by atoms with van der Waals surface area (Å²) in [5.74, 6) is 0.160. The standard InChI is InChI=1S/C18H20N4O3/c1-2-25-16-8-6-14(7-9-16)21-17(23)10-11-18(24)22-20-13-15-5-3-4-12-19-15/h3-9,12-13H,2,10-11H2,1H3,(H,21,23)(H,22,24)/b20-13+. The third-order valence-electron chi connectivity index (χ3n) is 3.10. The summed E-state index contributed by atoms with van der Waals surface area (Å²) in [4.78, 5) is 27.6. The van der Waals surface area contributed by atoms with Crippen LogP contribution in [-0.4, -0.2) is 29.6 Å². The number of hydrogen-bond acceptors (Lipinski definition) is 5. The second-order valence-electron chi connectivity index (χ2n) is 5.05. The van der Waals surface area contributed by atoms with Crippen molar-refractivity contribution >= 4 is 23.7 Å². The van der Waals surface area contributed by atoms with Crippen molar-refractivity contribution in [1.82, 2.24) is 10.4 Å². The highest BCUT2D eigenvalue weighted by molar-refractivity contribution is 5.93. The zero-order valence-corrected chi connectivity index (χ0v) is 13.9. The number of nitrogens with zero attached hydrogens (tertiary/aromatic N) is 2. The van der Waals surface area contributed by atoms with E-state index < -0.39 is 0 Å². The molecule has 0 aliphatic rings. The number of benzene rings is 1. The van der Waals surface area contributed by atoms with E-state index in [0.717, 1.165) is 5.75 Å². The highest BCUT2D eigenvalue weighted by Crippen LogP contribution is 2.15. The number of aromatic nitrogens is 1. The van der Waals surface area contributed by atoms with Gasteiger partial charge in [0, 0.05) is 24.7 Å². The number of hydrazone groups is 1. The molecular formula is C18H20N4O3. The van der Waals surface area contributed by atoms with Crippen LogP contribution in [0.1, 0.15) is 25.5 Å². The summed E-state index contributed by atoms with van der Waals surface area (Å²) >= 11 is 0. The van der Waals surface area contributed by atoms with E-state index in [9.17, 15) is 9.59 Å². The normalized spacial score (nSPS) is 10.4. The Morgan fingerprint density at radius 1 is 1.12 bits per heavy atom. The van der Waals surface area contributed by atoms with Crippen molar-refractivity contribution in [3.05, 3.63) is 54.4 Å². The first kappa shape index (κ1) is 18.1. The number of ether oxygens (including phenoxy) is 1. The number of rotatable bonds is 8. The molecule has 0 bridgehead atoms. The van der Waals surface area contributed by atoms with Crippen LogP contribution in [0.15, 0.2) is 53.8 Å². The molecule has 0 atom stereocenters. The molecule has 2 aromatic rings. The second kappa shape index (κ2) is 9.82. The van der Waals surface area contributed by atoms with Crippen LogP contribution in [0.3, 0.4) is 0 Å². The monoisotopic (exact) mass is 340 g/mol. The van der Waals surface area contributed by atoms with Crippen molar-refractivity contribution in [3.8, 4) is 5.75 Å². The minimum absolute atomic E-state index is 0.0441. The van der Waals surface area contributed by atoms with Gasteiger partial charge < -0.3 is 10.1 Å². The lowest BCUT2D eigenvalue weighted by atomic mass is 10.2. The van der Waals surface area contributed by atoms with Gasteiger partial charge >= 0.3 is 0 Å². The van der Waals surface area contributed by atoms with Crippen LogP contribution in [0.5, 0.6) is 5.75 Å². The fraction of sp³-hybridized carbons (Fsp3) is 0.222. The summed E-state index contributed by atoms with van der Waals surface area (Å²) < 4.78 is 5.33. The lowest BCUT2D eigenvalue weighted by Crippen LogP contribution is -2.20. The van der Waals surface area contributed by atoms with E-state index in [1.54, 1.807) is 42.6 Å². The minimum Gasteiger partial charge on any atom is -0.494 e. The summed E-state index contributed by atoms with van der Waals surface area (Å²) in [5, 5.41) is 6.52. The van der Waals surface area contributed by atoms with Crippen LogP contribution >= 0.6 is 0 Å². The van der Waals surface area contributed by atoms with Gasteiger partial charge in [-0.3, -0.25) is 14.6 Å². The maximum absolute atomic E-state index is 11.9. The van der Waals surface area contributed by atoms with Gasteiger partial charge in [0.05, 0.1) is 18.5 Å². The Morgan fingerprint density at radius 2 is 1.88 bits per heavy atom. The quantitative estimate of drug-likeness (QED) is 0.570. The highest BCUT2D eigenvalue weighted by Gasteiger charge is 2.07. The maximum atomic E-state index is 11.9. The van der Waals surface area contributed by atoms with Crippen molar-refractivity contribution < 1.29 is 14.3 Å². The molecular weight excluding hydrogens is 320 g/mol. The molecule has 1 aromatic heterocycles. The number of hydrogen-bond donors (Lipinski definition) is 2. The van der Waals surface area contributed by atoms with Gasteiger partial charge in [0.2, 0.25) is 11.8 Å². The smallest absolute Gasteiger partial charge is 0.240 e. The van der Waals surface area contributed by atoms with Crippen molar-refractivity contribution in [1.29, 1.82) is 0 Å². The molecule has 0 aliphatic carbocycles. The van der Waals surface area contributed by atoms with Crippen LogP contribution in [0.25, 0.3) is 0 Å². The van der Waals surface area contributed by atoms with E-state index in [4.69, 9.17) is 4.74 Å². The van der Waals surface area contributed by atoms with Crippen molar-refractivity contribution in [2.75, 3.05) is 11.9 Å². The molecule has 0 aliphatic heterocycles. The summed E-state index contributed by atoms with van der Waals surface area (Å²) in [6.45, 7) is 2.49. The molecule has 0 unspecified atom stereocenters. The number of nitrogens with one attached hydrogen (secondary N) is 2. The molecule has 0 spiro atoms. The molecule has 7 heteroatoms. The molecule has 0 radical (unpaired) electrons. The SMILES string of the molecule is CCOc1ccc(NC(=O)CCC(=O)N/N=C/c2ccccn2)cc1. The Labute approximate surface area is 146 Å². The van der Waals surface area contributed by atoms with E-state index in [0.29, 0.717) is 18.0 Å². The van der Waals surface area contributed by atoms with Crippen molar-refractivity contribution in [2.45, 2.75) is 19.8 Å². The lowest BCUT2D eigenvalue weighted by molar-refractivity contribution is -0.124. The molecule has 7 nitrogen and oxygen atoms in total. The molecule has 0 saturated carbocycles. The van der Waals surface area contributed by atoms with E-state index in [1.807, 2.05) is 13.0 Å². The molecule has 2 N–H and O–H groups in total. The summed E-state index contributed by atoms with van der Waals surface area (Å²) in [6.07, 6.45) is 3.19. The Hall–Kier alpha value is -3.22. The van der Waals surface area contributed by atoms with E-state index in [1.165, 1.54) is 6.21 Å². The number of pyridine rings is 1. The molecule has 1 heterocycles. The first-order chi connectivity index (χ1) is 12.2. The number of anilines is 1. The lowest BCUT2D eigenvalue weighted by Gasteiger charge is -2.07. The maximum Gasteiger partial charge on any atom is 0.240 e. The van der Waals surface area contributed by atoms with Crippen LogP contribution in [0.2, 0.25) is 0 Å². The van der Waals surface area contributed by atoms with Gasteiger partial charge in [-0.15, -0.1) is 0 Å². The van der Waals surface area contributed by atoms with Crippen LogP contribution in [0, 0.1) is 0 Å². The highest BCUT2D eigenvalue weighted by atomic mass is 16.5. The number of carbonyl (C=O) groups is 2. The average Bonchev–Trinajstić information content (AvgIpc) is 2.63. The summed E-state index contributed by atoms with van der Waals surface area (Å²) in [5.41, 5.74) is 3.66. The predicted octanol–water partition coefficient (Wildman–Crippen LogP) is 2.35. The van der Waals surface area contributed by atoms with Crippen LogP contribution in [0.4, 0.5) is 5.69 Å². The first-order valence-electron chi connectivity index (χ1n) is 7.93. The third kappa shape index (κ3) is 6.82. The van der Waals surface area contributed by atoms with Crippen molar-refractivity contribution in [3.63, 3.8) is 0 Å². The third-order valence-corrected chi connectivity index (χ3v) is 3.10. The minimum atomic E-state index is -0.339. The summed E-state index contributed by atoms with van der Waals surface area (Å²) in [6, 6.07) is 12.4. The van der Waals surface area contributed by atoms with Gasteiger partial charge in [0.1, 0.15) is 5.75 Å². The molecule has 0 fully saturated rings. The fourth-order valence-corrected chi connectivity index (χ4v) is 1.93. The Morgan fingerprint density at radius 3 is 2.56 bits per heavy atom. The van der Waals surface area contributed by atoms with Gasteiger partial charge in [0.15, 0.2) is 0 Å². The zero-order valence-electron chi connectivity index (χ0n) is 13.9. The molecule has 0 saturated heterocycles. The van der Waals surface area contributed by atoms with Gasteiger partial charge in [-0.1, -0.05) is 6.07 Å². The van der Waals surface area contributed by atoms with Gasteiger partial charge in [-0.2, -0.15) is 5.10 Å². The Bertz CT molecular complexity index is 715.